The molecule has 1 unspecified atom stereocenters. The van der Waals surface area contributed by atoms with Crippen LogP contribution in [0.4, 0.5) is 8.78 Å². The van der Waals surface area contributed by atoms with Gasteiger partial charge in [0.2, 0.25) is 6.43 Å². The monoisotopic (exact) mass is 150 g/mol. The number of alkyl halides is 2. The van der Waals surface area contributed by atoms with Crippen molar-refractivity contribution >= 4 is 0 Å². The zero-order valence-electron chi connectivity index (χ0n) is 5.76. The Balaban J connectivity index is 2.31. The number of hydrogen-bond donors (Lipinski definition) is 1. The van der Waals surface area contributed by atoms with Gasteiger partial charge in [0, 0.05) is 5.92 Å². The van der Waals surface area contributed by atoms with Gasteiger partial charge in [-0.1, -0.05) is 6.42 Å². The molecule has 0 aromatic rings. The molecule has 0 aliphatic heterocycles. The Morgan fingerprint density at radius 2 is 2.00 bits per heavy atom. The predicted octanol–water partition coefficient (Wildman–Crippen LogP) is 1.66. The highest BCUT2D eigenvalue weighted by Crippen LogP contribution is 2.36. The smallest absolute Gasteiger partial charge is 0.243 e. The maximum atomic E-state index is 12.0. The van der Waals surface area contributed by atoms with Gasteiger partial charge in [-0.15, -0.1) is 0 Å². The maximum absolute atomic E-state index is 12.0. The summed E-state index contributed by atoms with van der Waals surface area (Å²) in [5.41, 5.74) is 0. The molecule has 0 radical (unpaired) electrons. The molecule has 3 heteroatoms. The van der Waals surface area contributed by atoms with Crippen LogP contribution in [0.5, 0.6) is 0 Å². The number of hydrogen-bond acceptors (Lipinski definition) is 1. The fraction of sp³-hybridized carbons (Fsp3) is 1.00. The molecule has 1 fully saturated rings. The summed E-state index contributed by atoms with van der Waals surface area (Å²) in [6, 6.07) is 0. The van der Waals surface area contributed by atoms with Gasteiger partial charge < -0.3 is 5.11 Å². The van der Waals surface area contributed by atoms with E-state index < -0.39 is 12.3 Å². The first-order valence-corrected chi connectivity index (χ1v) is 3.64. The second-order valence-corrected chi connectivity index (χ2v) is 2.87. The summed E-state index contributed by atoms with van der Waals surface area (Å²) in [5, 5.41) is 8.55. The summed E-state index contributed by atoms with van der Waals surface area (Å²) in [6.07, 6.45) is 0.453. The van der Waals surface area contributed by atoms with Crippen LogP contribution in [0.15, 0.2) is 0 Å². The number of halogens is 2. The molecule has 0 aromatic heterocycles. The fourth-order valence-corrected chi connectivity index (χ4v) is 1.30. The van der Waals surface area contributed by atoms with E-state index in [9.17, 15) is 8.78 Å². The summed E-state index contributed by atoms with van der Waals surface area (Å²) in [4.78, 5) is 0. The van der Waals surface area contributed by atoms with Gasteiger partial charge in [0.1, 0.15) is 0 Å². The van der Waals surface area contributed by atoms with Crippen LogP contribution in [0, 0.1) is 11.8 Å². The molecule has 1 aliphatic rings. The zero-order chi connectivity index (χ0) is 7.56. The van der Waals surface area contributed by atoms with E-state index in [1.54, 1.807) is 0 Å². The molecule has 60 valence electrons. The lowest BCUT2D eigenvalue weighted by molar-refractivity contribution is -0.0134. The van der Waals surface area contributed by atoms with Crippen molar-refractivity contribution in [2.45, 2.75) is 25.7 Å². The minimum atomic E-state index is -2.34. The molecule has 0 aromatic carbocycles. The summed E-state index contributed by atoms with van der Waals surface area (Å²) in [7, 11) is 0. The summed E-state index contributed by atoms with van der Waals surface area (Å²) >= 11 is 0. The Morgan fingerprint density at radius 3 is 2.10 bits per heavy atom. The van der Waals surface area contributed by atoms with E-state index >= 15 is 0 Å². The highest BCUT2D eigenvalue weighted by molar-refractivity contribution is 4.78. The van der Waals surface area contributed by atoms with Gasteiger partial charge in [-0.05, 0) is 18.8 Å². The van der Waals surface area contributed by atoms with Crippen LogP contribution in [-0.4, -0.2) is 18.1 Å². The van der Waals surface area contributed by atoms with Gasteiger partial charge in [0.05, 0.1) is 6.61 Å². The molecular formula is C7H12F2O. The molecule has 1 atom stereocenters. The summed E-state index contributed by atoms with van der Waals surface area (Å²) in [5.74, 6) is -0.668. The van der Waals surface area contributed by atoms with Crippen molar-refractivity contribution in [2.75, 3.05) is 6.61 Å². The first-order valence-electron chi connectivity index (χ1n) is 3.64. The second-order valence-electron chi connectivity index (χ2n) is 2.87. The molecule has 0 bridgehead atoms. The topological polar surface area (TPSA) is 20.2 Å². The Hall–Kier alpha value is -0.180. The summed E-state index contributed by atoms with van der Waals surface area (Å²) in [6.45, 7) is -0.359. The predicted molar refractivity (Wildman–Crippen MR) is 33.9 cm³/mol. The van der Waals surface area contributed by atoms with Gasteiger partial charge in [-0.25, -0.2) is 8.78 Å². The molecule has 1 N–H and O–H groups in total. The molecule has 0 heterocycles. The standard InChI is InChI=1S/C7H12F2O/c8-7(9)6(4-10)5-2-1-3-5/h5-7,10H,1-4H2. The normalized spacial score (nSPS) is 22.8. The van der Waals surface area contributed by atoms with Crippen molar-refractivity contribution in [1.29, 1.82) is 0 Å². The van der Waals surface area contributed by atoms with E-state index in [2.05, 4.69) is 0 Å². The van der Waals surface area contributed by atoms with Crippen LogP contribution in [0.25, 0.3) is 0 Å². The lowest BCUT2D eigenvalue weighted by Crippen LogP contribution is -2.30. The molecule has 0 spiro atoms. The van der Waals surface area contributed by atoms with Crippen LogP contribution in [-0.2, 0) is 0 Å². The minimum absolute atomic E-state index is 0.0880. The zero-order valence-corrected chi connectivity index (χ0v) is 5.76. The largest absolute Gasteiger partial charge is 0.396 e. The van der Waals surface area contributed by atoms with E-state index in [1.165, 1.54) is 0 Å². The van der Waals surface area contributed by atoms with Crippen molar-refractivity contribution in [3.8, 4) is 0 Å². The molecule has 0 amide bonds. The van der Waals surface area contributed by atoms with E-state index in [-0.39, 0.29) is 12.5 Å². The first-order chi connectivity index (χ1) is 4.75. The highest BCUT2D eigenvalue weighted by atomic mass is 19.3. The quantitative estimate of drug-likeness (QED) is 0.648. The third-order valence-corrected chi connectivity index (χ3v) is 2.29. The Bertz CT molecular complexity index is 102. The van der Waals surface area contributed by atoms with Gasteiger partial charge in [0.25, 0.3) is 0 Å². The van der Waals surface area contributed by atoms with Crippen LogP contribution >= 0.6 is 0 Å². The molecule has 1 nitrogen and oxygen atoms in total. The second kappa shape index (κ2) is 3.28. The van der Waals surface area contributed by atoms with Crippen LogP contribution in [0.1, 0.15) is 19.3 Å². The van der Waals surface area contributed by atoms with Crippen molar-refractivity contribution in [1.82, 2.24) is 0 Å². The van der Waals surface area contributed by atoms with Gasteiger partial charge in [-0.2, -0.15) is 0 Å². The molecule has 1 saturated carbocycles. The summed E-state index contributed by atoms with van der Waals surface area (Å²) < 4.78 is 24.0. The highest BCUT2D eigenvalue weighted by Gasteiger charge is 2.32. The SMILES string of the molecule is OCC(C(F)F)C1CCC1. The lowest BCUT2D eigenvalue weighted by atomic mass is 9.76. The van der Waals surface area contributed by atoms with E-state index in [4.69, 9.17) is 5.11 Å². The van der Waals surface area contributed by atoms with Gasteiger partial charge in [-0.3, -0.25) is 0 Å². The number of rotatable bonds is 3. The van der Waals surface area contributed by atoms with Crippen LogP contribution in [0.2, 0.25) is 0 Å². The molecule has 1 rings (SSSR count). The van der Waals surface area contributed by atoms with Crippen molar-refractivity contribution < 1.29 is 13.9 Å². The molecule has 1 aliphatic carbocycles. The first kappa shape index (κ1) is 7.92. The Morgan fingerprint density at radius 1 is 1.40 bits per heavy atom. The third kappa shape index (κ3) is 1.45. The Kier molecular flexibility index (Phi) is 2.60. The lowest BCUT2D eigenvalue weighted by Gasteiger charge is -2.31. The van der Waals surface area contributed by atoms with Crippen molar-refractivity contribution in [3.05, 3.63) is 0 Å². The van der Waals surface area contributed by atoms with E-state index in [0.717, 1.165) is 19.3 Å². The third-order valence-electron chi connectivity index (χ3n) is 2.29. The Labute approximate surface area is 59.0 Å². The van der Waals surface area contributed by atoms with Crippen molar-refractivity contribution in [3.63, 3.8) is 0 Å². The minimum Gasteiger partial charge on any atom is -0.396 e. The average Bonchev–Trinajstić information content (AvgIpc) is 1.76. The van der Waals surface area contributed by atoms with E-state index in [1.807, 2.05) is 0 Å². The fourth-order valence-electron chi connectivity index (χ4n) is 1.30. The molecule has 10 heavy (non-hydrogen) atoms. The van der Waals surface area contributed by atoms with Gasteiger partial charge >= 0.3 is 0 Å². The van der Waals surface area contributed by atoms with Crippen molar-refractivity contribution in [2.24, 2.45) is 11.8 Å². The van der Waals surface area contributed by atoms with Crippen LogP contribution in [0.3, 0.4) is 0 Å². The molecular weight excluding hydrogens is 138 g/mol. The number of aliphatic hydroxyl groups excluding tert-OH is 1. The van der Waals surface area contributed by atoms with Crippen LogP contribution < -0.4 is 0 Å². The number of aliphatic hydroxyl groups is 1. The average molecular weight is 150 g/mol. The maximum Gasteiger partial charge on any atom is 0.243 e. The molecule has 0 saturated heterocycles. The van der Waals surface area contributed by atoms with Gasteiger partial charge in [0.15, 0.2) is 0 Å². The van der Waals surface area contributed by atoms with E-state index in [0.29, 0.717) is 0 Å².